The van der Waals surface area contributed by atoms with Gasteiger partial charge in [0, 0.05) is 20.1 Å². The second kappa shape index (κ2) is 10.9. The van der Waals surface area contributed by atoms with Crippen LogP contribution in [0.3, 0.4) is 0 Å². The van der Waals surface area contributed by atoms with Crippen molar-refractivity contribution in [1.29, 1.82) is 0 Å². The molecular formula is C17H37N3O2S. The zero-order valence-electron chi connectivity index (χ0n) is 15.9. The van der Waals surface area contributed by atoms with E-state index in [1.165, 1.54) is 25.7 Å². The Kier molecular flexibility index (Phi) is 10.5. The smallest absolute Gasteiger partial charge is 0.191 e. The van der Waals surface area contributed by atoms with Crippen LogP contribution in [0, 0.1) is 5.92 Å². The van der Waals surface area contributed by atoms with E-state index in [-0.39, 0.29) is 5.75 Å². The molecule has 0 bridgehead atoms. The molecule has 2 N–H and O–H groups in total. The molecule has 0 amide bonds. The highest BCUT2D eigenvalue weighted by Gasteiger charge is 2.28. The zero-order valence-corrected chi connectivity index (χ0v) is 16.7. The predicted molar refractivity (Wildman–Crippen MR) is 101 cm³/mol. The first-order valence-electron chi connectivity index (χ1n) is 8.77. The maximum atomic E-state index is 12.0. The fourth-order valence-electron chi connectivity index (χ4n) is 2.07. The Hall–Kier alpha value is -0.780. The highest BCUT2D eigenvalue weighted by molar-refractivity contribution is 7.92. The second-order valence-corrected chi connectivity index (χ2v) is 10.3. The first kappa shape index (κ1) is 22.2. The predicted octanol–water partition coefficient (Wildman–Crippen LogP) is 2.97. The molecule has 5 nitrogen and oxygen atoms in total. The summed E-state index contributed by atoms with van der Waals surface area (Å²) < 4.78 is 23.4. The molecule has 0 heterocycles. The molecular weight excluding hydrogens is 310 g/mol. The third-order valence-corrected chi connectivity index (χ3v) is 6.43. The van der Waals surface area contributed by atoms with Crippen LogP contribution in [0.25, 0.3) is 0 Å². The van der Waals surface area contributed by atoms with Gasteiger partial charge in [-0.25, -0.2) is 8.42 Å². The van der Waals surface area contributed by atoms with E-state index < -0.39 is 14.6 Å². The summed E-state index contributed by atoms with van der Waals surface area (Å²) in [5.41, 5.74) is 0. The van der Waals surface area contributed by atoms with Gasteiger partial charge in [-0.05, 0) is 33.1 Å². The summed E-state index contributed by atoms with van der Waals surface area (Å²) in [7, 11) is -1.38. The number of nitrogens with zero attached hydrogens (tertiary/aromatic N) is 1. The second-order valence-electron chi connectivity index (χ2n) is 7.45. The Labute approximate surface area is 143 Å². The van der Waals surface area contributed by atoms with Crippen LogP contribution in [0.2, 0.25) is 0 Å². The number of nitrogens with one attached hydrogen (secondary N) is 2. The van der Waals surface area contributed by atoms with Crippen LogP contribution in [0.1, 0.15) is 66.7 Å². The fraction of sp³-hybridized carbons (Fsp3) is 0.941. The summed E-state index contributed by atoms with van der Waals surface area (Å²) in [4.78, 5) is 4.13. The number of aliphatic imine (C=N–C) groups is 1. The molecule has 0 fully saturated rings. The largest absolute Gasteiger partial charge is 0.356 e. The van der Waals surface area contributed by atoms with Crippen molar-refractivity contribution in [1.82, 2.24) is 10.6 Å². The Morgan fingerprint density at radius 3 is 2.09 bits per heavy atom. The van der Waals surface area contributed by atoms with Crippen molar-refractivity contribution in [3.63, 3.8) is 0 Å². The normalized spacial score (nSPS) is 13.4. The highest BCUT2D eigenvalue weighted by Crippen LogP contribution is 2.15. The molecule has 0 aliphatic carbocycles. The first-order chi connectivity index (χ1) is 10.6. The van der Waals surface area contributed by atoms with E-state index in [0.717, 1.165) is 18.9 Å². The molecule has 0 aromatic carbocycles. The van der Waals surface area contributed by atoms with Crippen molar-refractivity contribution in [2.75, 3.05) is 25.9 Å². The van der Waals surface area contributed by atoms with Gasteiger partial charge in [0.05, 0.1) is 10.5 Å². The molecule has 0 spiro atoms. The number of rotatable bonds is 10. The molecule has 6 heteroatoms. The van der Waals surface area contributed by atoms with Gasteiger partial charge in [-0.2, -0.15) is 0 Å². The van der Waals surface area contributed by atoms with Gasteiger partial charge < -0.3 is 10.6 Å². The van der Waals surface area contributed by atoms with Crippen LogP contribution in [0.4, 0.5) is 0 Å². The fourth-order valence-corrected chi connectivity index (χ4v) is 3.05. The summed E-state index contributed by atoms with van der Waals surface area (Å²) >= 11 is 0. The maximum absolute atomic E-state index is 12.0. The quantitative estimate of drug-likeness (QED) is 0.362. The van der Waals surface area contributed by atoms with Gasteiger partial charge in [0.2, 0.25) is 0 Å². The summed E-state index contributed by atoms with van der Waals surface area (Å²) in [6.07, 6.45) is 6.21. The Bertz CT molecular complexity index is 437. The van der Waals surface area contributed by atoms with Gasteiger partial charge >= 0.3 is 0 Å². The SMILES string of the molecule is CN=C(NCCCCCCC(C)C)NCCS(=O)(=O)C(C)(C)C. The Morgan fingerprint density at radius 1 is 1.00 bits per heavy atom. The van der Waals surface area contributed by atoms with E-state index in [2.05, 4.69) is 29.5 Å². The molecule has 0 saturated heterocycles. The van der Waals surface area contributed by atoms with E-state index in [9.17, 15) is 8.42 Å². The van der Waals surface area contributed by atoms with E-state index in [0.29, 0.717) is 12.5 Å². The van der Waals surface area contributed by atoms with Crippen molar-refractivity contribution >= 4 is 15.8 Å². The summed E-state index contributed by atoms with van der Waals surface area (Å²) in [6, 6.07) is 0. The molecule has 0 aromatic heterocycles. The minimum Gasteiger partial charge on any atom is -0.356 e. The van der Waals surface area contributed by atoms with Gasteiger partial charge in [0.1, 0.15) is 0 Å². The summed E-state index contributed by atoms with van der Waals surface area (Å²) in [5, 5.41) is 6.31. The molecule has 23 heavy (non-hydrogen) atoms. The van der Waals surface area contributed by atoms with E-state index in [1.807, 2.05) is 0 Å². The lowest BCUT2D eigenvalue weighted by Crippen LogP contribution is -2.42. The summed E-state index contributed by atoms with van der Waals surface area (Å²) in [5.74, 6) is 1.59. The number of guanidine groups is 1. The zero-order chi connectivity index (χ0) is 17.9. The molecule has 0 radical (unpaired) electrons. The minimum atomic E-state index is -3.09. The standard InChI is InChI=1S/C17H37N3O2S/c1-15(2)11-9-7-8-10-12-19-16(18-6)20-13-14-23(21,22)17(3,4)5/h15H,7-14H2,1-6H3,(H2,18,19,20). The molecule has 0 rings (SSSR count). The number of unbranched alkanes of at least 4 members (excludes halogenated alkanes) is 3. The first-order valence-corrected chi connectivity index (χ1v) is 10.4. The third kappa shape index (κ3) is 10.6. The lowest BCUT2D eigenvalue weighted by molar-refractivity contribution is 0.518. The van der Waals surface area contributed by atoms with Gasteiger partial charge in [0.25, 0.3) is 0 Å². The molecule has 0 aliphatic heterocycles. The van der Waals surface area contributed by atoms with Crippen molar-refractivity contribution < 1.29 is 8.42 Å². The van der Waals surface area contributed by atoms with E-state index >= 15 is 0 Å². The molecule has 0 aliphatic rings. The molecule has 0 aromatic rings. The van der Waals surface area contributed by atoms with Crippen molar-refractivity contribution in [3.8, 4) is 0 Å². The average molecular weight is 348 g/mol. The van der Waals surface area contributed by atoms with Crippen LogP contribution in [0.5, 0.6) is 0 Å². The minimum absolute atomic E-state index is 0.117. The number of sulfone groups is 1. The average Bonchev–Trinajstić information content (AvgIpc) is 2.42. The molecule has 0 unspecified atom stereocenters. The number of hydrogen-bond donors (Lipinski definition) is 2. The topological polar surface area (TPSA) is 70.6 Å². The maximum Gasteiger partial charge on any atom is 0.191 e. The lowest BCUT2D eigenvalue weighted by Gasteiger charge is -2.19. The van der Waals surface area contributed by atoms with Crippen LogP contribution in [0.15, 0.2) is 4.99 Å². The van der Waals surface area contributed by atoms with Crippen LogP contribution in [-0.2, 0) is 9.84 Å². The van der Waals surface area contributed by atoms with E-state index in [4.69, 9.17) is 0 Å². The Morgan fingerprint density at radius 2 is 1.57 bits per heavy atom. The number of hydrogen-bond acceptors (Lipinski definition) is 3. The van der Waals surface area contributed by atoms with Gasteiger partial charge in [0.15, 0.2) is 15.8 Å². The van der Waals surface area contributed by atoms with Crippen molar-refractivity contribution in [2.45, 2.75) is 71.5 Å². The summed E-state index contributed by atoms with van der Waals surface area (Å²) in [6.45, 7) is 11.0. The highest BCUT2D eigenvalue weighted by atomic mass is 32.2. The molecule has 0 atom stereocenters. The van der Waals surface area contributed by atoms with Gasteiger partial charge in [-0.1, -0.05) is 39.5 Å². The van der Waals surface area contributed by atoms with Crippen LogP contribution in [-0.4, -0.2) is 45.0 Å². The van der Waals surface area contributed by atoms with E-state index in [1.54, 1.807) is 27.8 Å². The van der Waals surface area contributed by atoms with Gasteiger partial charge in [-0.3, -0.25) is 4.99 Å². The monoisotopic (exact) mass is 347 g/mol. The van der Waals surface area contributed by atoms with Gasteiger partial charge in [-0.15, -0.1) is 0 Å². The lowest BCUT2D eigenvalue weighted by atomic mass is 10.0. The van der Waals surface area contributed by atoms with Crippen molar-refractivity contribution in [3.05, 3.63) is 0 Å². The molecule has 0 saturated carbocycles. The Balaban J connectivity index is 3.85. The molecule has 138 valence electrons. The third-order valence-electron chi connectivity index (χ3n) is 3.82. The van der Waals surface area contributed by atoms with Crippen LogP contribution >= 0.6 is 0 Å². The van der Waals surface area contributed by atoms with Crippen molar-refractivity contribution in [2.24, 2.45) is 10.9 Å². The van der Waals surface area contributed by atoms with Crippen LogP contribution < -0.4 is 10.6 Å².